The van der Waals surface area contributed by atoms with Crippen LogP contribution in [0.3, 0.4) is 0 Å². The highest BCUT2D eigenvalue weighted by atomic mass is 19.4. The fourth-order valence-electron chi connectivity index (χ4n) is 3.50. The van der Waals surface area contributed by atoms with Crippen molar-refractivity contribution in [3.8, 4) is 0 Å². The molecule has 2 heterocycles. The van der Waals surface area contributed by atoms with Crippen molar-refractivity contribution < 1.29 is 22.7 Å². The van der Waals surface area contributed by atoms with Gasteiger partial charge in [-0.25, -0.2) is 14.1 Å². The van der Waals surface area contributed by atoms with E-state index in [0.717, 1.165) is 18.9 Å². The Kier molecular flexibility index (Phi) is 4.25. The van der Waals surface area contributed by atoms with Crippen LogP contribution in [0.5, 0.6) is 0 Å². The molecule has 3 aromatic rings. The van der Waals surface area contributed by atoms with Crippen molar-refractivity contribution >= 4 is 11.0 Å². The molecule has 1 saturated carbocycles. The standard InChI is InChI=1S/C18H16F4N4O2/c1-8-23-16-14(17(28)24-8)13(7-27)25-26(16)15(9-2-3-9)10-4-5-11(12(19)6-10)18(20,21)22/h4-6,9,15,27H,2-3,7H2,1H3,(H,23,24,28)/t15-/m0/s1. The van der Waals surface area contributed by atoms with E-state index in [9.17, 15) is 27.5 Å². The fourth-order valence-corrected chi connectivity index (χ4v) is 3.50. The molecule has 4 rings (SSSR count). The predicted molar refractivity (Wildman–Crippen MR) is 91.1 cm³/mol. The van der Waals surface area contributed by atoms with Gasteiger partial charge >= 0.3 is 6.18 Å². The van der Waals surface area contributed by atoms with Crippen LogP contribution in [0.1, 0.15) is 41.5 Å². The van der Waals surface area contributed by atoms with Crippen molar-refractivity contribution in [1.29, 1.82) is 0 Å². The largest absolute Gasteiger partial charge is 0.419 e. The number of aryl methyl sites for hydroxylation is 1. The van der Waals surface area contributed by atoms with Crippen LogP contribution in [-0.4, -0.2) is 24.9 Å². The molecule has 6 nitrogen and oxygen atoms in total. The number of H-pyrrole nitrogens is 1. The van der Waals surface area contributed by atoms with Crippen molar-refractivity contribution in [2.45, 2.75) is 38.6 Å². The van der Waals surface area contributed by atoms with Gasteiger partial charge in [0.2, 0.25) is 0 Å². The van der Waals surface area contributed by atoms with Gasteiger partial charge in [-0.3, -0.25) is 4.79 Å². The maximum Gasteiger partial charge on any atom is 0.419 e. The number of aliphatic hydroxyl groups excluding tert-OH is 1. The zero-order valence-corrected chi connectivity index (χ0v) is 14.7. The minimum absolute atomic E-state index is 0.0205. The second-order valence-corrected chi connectivity index (χ2v) is 6.92. The van der Waals surface area contributed by atoms with Crippen LogP contribution in [0.15, 0.2) is 23.0 Å². The number of aromatic amines is 1. The van der Waals surface area contributed by atoms with Crippen LogP contribution in [0.2, 0.25) is 0 Å². The average molecular weight is 396 g/mol. The Morgan fingerprint density at radius 3 is 2.64 bits per heavy atom. The number of alkyl halides is 3. The van der Waals surface area contributed by atoms with E-state index in [2.05, 4.69) is 15.1 Å². The highest BCUT2D eigenvalue weighted by Gasteiger charge is 2.39. The lowest BCUT2D eigenvalue weighted by molar-refractivity contribution is -0.140. The molecule has 0 radical (unpaired) electrons. The van der Waals surface area contributed by atoms with E-state index in [1.165, 1.54) is 10.7 Å². The van der Waals surface area contributed by atoms with Gasteiger partial charge in [0.05, 0.1) is 18.2 Å². The number of nitrogens with one attached hydrogen (secondary N) is 1. The van der Waals surface area contributed by atoms with Gasteiger partial charge in [0.1, 0.15) is 22.7 Å². The van der Waals surface area contributed by atoms with E-state index in [1.807, 2.05) is 0 Å². The minimum atomic E-state index is -4.79. The van der Waals surface area contributed by atoms with Gasteiger partial charge in [-0.1, -0.05) is 6.07 Å². The Morgan fingerprint density at radius 2 is 2.07 bits per heavy atom. The summed E-state index contributed by atoms with van der Waals surface area (Å²) in [5.41, 5.74) is -1.17. The topological polar surface area (TPSA) is 83.8 Å². The molecule has 1 atom stereocenters. The quantitative estimate of drug-likeness (QED) is 0.664. The zero-order valence-electron chi connectivity index (χ0n) is 14.7. The number of fused-ring (bicyclic) bond motifs is 1. The summed E-state index contributed by atoms with van der Waals surface area (Å²) in [5, 5.41) is 14.0. The van der Waals surface area contributed by atoms with Crippen molar-refractivity contribution in [2.24, 2.45) is 5.92 Å². The van der Waals surface area contributed by atoms with Gasteiger partial charge in [-0.2, -0.15) is 18.3 Å². The van der Waals surface area contributed by atoms with E-state index < -0.39 is 35.8 Å². The smallest absolute Gasteiger partial charge is 0.390 e. The highest BCUT2D eigenvalue weighted by molar-refractivity contribution is 5.77. The lowest BCUT2D eigenvalue weighted by atomic mass is 10.0. The zero-order chi connectivity index (χ0) is 20.2. The number of benzene rings is 1. The average Bonchev–Trinajstić information content (AvgIpc) is 3.36. The highest BCUT2D eigenvalue weighted by Crippen LogP contribution is 2.45. The maximum absolute atomic E-state index is 14.2. The predicted octanol–water partition coefficient (Wildman–Crippen LogP) is 3.08. The van der Waals surface area contributed by atoms with Crippen LogP contribution in [0.25, 0.3) is 11.0 Å². The molecule has 2 aromatic heterocycles. The summed E-state index contributed by atoms with van der Waals surface area (Å²) in [6.45, 7) is 1.08. The summed E-state index contributed by atoms with van der Waals surface area (Å²) in [7, 11) is 0. The lowest BCUT2D eigenvalue weighted by Crippen LogP contribution is -2.18. The van der Waals surface area contributed by atoms with Crippen molar-refractivity contribution in [1.82, 2.24) is 19.7 Å². The van der Waals surface area contributed by atoms with Gasteiger partial charge in [0.25, 0.3) is 5.56 Å². The van der Waals surface area contributed by atoms with Gasteiger partial charge in [-0.15, -0.1) is 0 Å². The Morgan fingerprint density at radius 1 is 1.36 bits per heavy atom. The summed E-state index contributed by atoms with van der Waals surface area (Å²) in [6, 6.07) is 2.21. The van der Waals surface area contributed by atoms with Gasteiger partial charge in [0, 0.05) is 0 Å². The third-order valence-corrected chi connectivity index (χ3v) is 4.87. The summed E-state index contributed by atoms with van der Waals surface area (Å²) in [6.07, 6.45) is -3.22. The number of nitrogens with zero attached hydrogens (tertiary/aromatic N) is 3. The second-order valence-electron chi connectivity index (χ2n) is 6.92. The van der Waals surface area contributed by atoms with Crippen molar-refractivity contribution in [2.75, 3.05) is 0 Å². The number of halogens is 4. The third-order valence-electron chi connectivity index (χ3n) is 4.87. The number of aromatic nitrogens is 4. The Balaban J connectivity index is 1.91. The number of hydrogen-bond acceptors (Lipinski definition) is 4. The second kappa shape index (κ2) is 6.40. The number of aliphatic hydroxyl groups is 1. The molecule has 1 aromatic carbocycles. The van der Waals surface area contributed by atoms with Crippen LogP contribution < -0.4 is 5.56 Å². The molecular formula is C18H16F4N4O2. The van der Waals surface area contributed by atoms with Crippen LogP contribution in [-0.2, 0) is 12.8 Å². The normalized spacial score (nSPS) is 15.9. The van der Waals surface area contributed by atoms with Crippen LogP contribution in [0.4, 0.5) is 17.6 Å². The molecule has 148 valence electrons. The summed E-state index contributed by atoms with van der Waals surface area (Å²) >= 11 is 0. The Hall–Kier alpha value is -2.75. The SMILES string of the molecule is Cc1nc2c(c(CO)nn2[C@H](c2ccc(C(F)(F)F)c(F)c2)C2CC2)c(=O)[nH]1. The number of rotatable bonds is 4. The van der Waals surface area contributed by atoms with Gasteiger partial charge < -0.3 is 10.1 Å². The number of hydrogen-bond donors (Lipinski definition) is 2. The lowest BCUT2D eigenvalue weighted by Gasteiger charge is -2.19. The Labute approximate surface area is 155 Å². The molecule has 1 aliphatic carbocycles. The summed E-state index contributed by atoms with van der Waals surface area (Å²) < 4.78 is 54.2. The minimum Gasteiger partial charge on any atom is -0.390 e. The Bertz CT molecular complexity index is 1120. The molecule has 0 bridgehead atoms. The molecule has 0 spiro atoms. The maximum atomic E-state index is 14.2. The molecule has 1 fully saturated rings. The molecule has 28 heavy (non-hydrogen) atoms. The first-order valence-electron chi connectivity index (χ1n) is 8.66. The van der Waals surface area contributed by atoms with E-state index in [4.69, 9.17) is 0 Å². The molecule has 10 heteroatoms. The van der Waals surface area contributed by atoms with Crippen LogP contribution in [0, 0.1) is 18.7 Å². The first kappa shape index (κ1) is 18.6. The van der Waals surface area contributed by atoms with E-state index in [1.54, 1.807) is 6.92 Å². The molecule has 0 amide bonds. The summed E-state index contributed by atoms with van der Waals surface area (Å²) in [4.78, 5) is 19.1. The third kappa shape index (κ3) is 3.07. The molecule has 0 aliphatic heterocycles. The molecule has 0 unspecified atom stereocenters. The van der Waals surface area contributed by atoms with E-state index in [-0.39, 0.29) is 22.6 Å². The van der Waals surface area contributed by atoms with Crippen molar-refractivity contribution in [3.63, 3.8) is 0 Å². The van der Waals surface area contributed by atoms with E-state index >= 15 is 0 Å². The molecule has 2 N–H and O–H groups in total. The molecular weight excluding hydrogens is 380 g/mol. The fraction of sp³-hybridized carbons (Fsp3) is 0.389. The van der Waals surface area contributed by atoms with E-state index in [0.29, 0.717) is 17.5 Å². The van der Waals surface area contributed by atoms with Gasteiger partial charge in [0.15, 0.2) is 5.65 Å². The first-order valence-corrected chi connectivity index (χ1v) is 8.66. The molecule has 1 aliphatic rings. The summed E-state index contributed by atoms with van der Waals surface area (Å²) in [5.74, 6) is -1.01. The monoisotopic (exact) mass is 396 g/mol. The van der Waals surface area contributed by atoms with Crippen LogP contribution >= 0.6 is 0 Å². The van der Waals surface area contributed by atoms with Gasteiger partial charge in [-0.05, 0) is 43.4 Å². The van der Waals surface area contributed by atoms with Crippen molar-refractivity contribution in [3.05, 3.63) is 57.0 Å². The first-order chi connectivity index (χ1) is 13.2. The molecule has 0 saturated heterocycles.